The molecule has 0 fully saturated rings. The highest BCUT2D eigenvalue weighted by Gasteiger charge is 2.28. The molecule has 0 bridgehead atoms. The number of rotatable bonds is 7. The Labute approximate surface area is 188 Å². The third-order valence-corrected chi connectivity index (χ3v) is 5.43. The van der Waals surface area contributed by atoms with Crippen molar-refractivity contribution in [3.63, 3.8) is 0 Å². The summed E-state index contributed by atoms with van der Waals surface area (Å²) < 4.78 is 7.24. The van der Waals surface area contributed by atoms with Crippen molar-refractivity contribution in [1.29, 1.82) is 0 Å². The Bertz CT molecular complexity index is 1110. The minimum absolute atomic E-state index is 0.0988. The second kappa shape index (κ2) is 9.70. The van der Waals surface area contributed by atoms with E-state index in [0.29, 0.717) is 17.0 Å². The van der Waals surface area contributed by atoms with Crippen LogP contribution in [0.5, 0.6) is 0 Å². The number of ether oxygens (including phenoxy) is 1. The average molecular weight is 484 g/mol. The number of nitrogens with one attached hydrogen (secondary N) is 1. The summed E-state index contributed by atoms with van der Waals surface area (Å²) in [6.45, 7) is 3.43. The van der Waals surface area contributed by atoms with Crippen LogP contribution in [-0.2, 0) is 14.3 Å². The number of methoxy groups -OCH3 is 1. The summed E-state index contributed by atoms with van der Waals surface area (Å²) in [5.41, 5.74) is 2.74. The molecule has 0 radical (unpaired) electrons. The summed E-state index contributed by atoms with van der Waals surface area (Å²) in [6.07, 6.45) is -0.0988. The van der Waals surface area contributed by atoms with Gasteiger partial charge in [-0.1, -0.05) is 46.3 Å². The number of esters is 1. The fourth-order valence-corrected chi connectivity index (χ4v) is 3.59. The van der Waals surface area contributed by atoms with Crippen molar-refractivity contribution in [2.75, 3.05) is 7.11 Å². The molecule has 0 aliphatic rings. The molecule has 1 heterocycles. The summed E-state index contributed by atoms with van der Waals surface area (Å²) >= 11 is 3.36. The average Bonchev–Trinajstić information content (AvgIpc) is 3.07. The summed E-state index contributed by atoms with van der Waals surface area (Å²) in [6, 6.07) is 15.8. The molecule has 0 spiro atoms. The van der Waals surface area contributed by atoms with Crippen LogP contribution in [0, 0.1) is 13.8 Å². The monoisotopic (exact) mass is 483 g/mol. The van der Waals surface area contributed by atoms with Crippen molar-refractivity contribution in [3.8, 4) is 5.69 Å². The van der Waals surface area contributed by atoms with Crippen LogP contribution in [0.2, 0.25) is 0 Å². The Morgan fingerprint density at radius 1 is 1.06 bits per heavy atom. The van der Waals surface area contributed by atoms with Gasteiger partial charge in [-0.2, -0.15) is 5.10 Å². The van der Waals surface area contributed by atoms with Gasteiger partial charge in [0.15, 0.2) is 0 Å². The van der Waals surface area contributed by atoms with Crippen LogP contribution in [-0.4, -0.2) is 34.6 Å². The standard InChI is InChI=1S/C23H22BrN3O4/c1-14-21(15(2)27(26-14)18-7-5-4-6-8-18)22(29)23(30)25-19(13-20(28)31-3)16-9-11-17(24)12-10-16/h4-12,19H,13H2,1-3H3,(H,25,30). The Hall–Kier alpha value is -3.26. The largest absolute Gasteiger partial charge is 0.469 e. The Balaban J connectivity index is 1.87. The minimum atomic E-state index is -0.810. The lowest BCUT2D eigenvalue weighted by atomic mass is 10.0. The molecule has 0 aliphatic heterocycles. The first kappa shape index (κ1) is 22.4. The van der Waals surface area contributed by atoms with Gasteiger partial charge in [-0.15, -0.1) is 0 Å². The van der Waals surface area contributed by atoms with Gasteiger partial charge in [-0.05, 0) is 43.7 Å². The van der Waals surface area contributed by atoms with E-state index in [9.17, 15) is 14.4 Å². The molecule has 1 N–H and O–H groups in total. The lowest BCUT2D eigenvalue weighted by molar-refractivity contribution is -0.141. The number of aryl methyl sites for hydroxylation is 1. The SMILES string of the molecule is COC(=O)CC(NC(=O)C(=O)c1c(C)nn(-c2ccccc2)c1C)c1ccc(Br)cc1. The second-order valence-electron chi connectivity index (χ2n) is 6.98. The van der Waals surface area contributed by atoms with Gasteiger partial charge in [0.1, 0.15) is 0 Å². The van der Waals surface area contributed by atoms with Gasteiger partial charge in [-0.3, -0.25) is 14.4 Å². The fourth-order valence-electron chi connectivity index (χ4n) is 3.33. The molecule has 0 saturated heterocycles. The predicted octanol–water partition coefficient (Wildman–Crippen LogP) is 3.85. The number of ketones is 1. The van der Waals surface area contributed by atoms with Crippen molar-refractivity contribution in [2.24, 2.45) is 0 Å². The molecule has 2 aromatic carbocycles. The molecule has 1 unspecified atom stereocenters. The van der Waals surface area contributed by atoms with E-state index in [0.717, 1.165) is 10.2 Å². The van der Waals surface area contributed by atoms with E-state index >= 15 is 0 Å². The summed E-state index contributed by atoms with van der Waals surface area (Å²) in [4.78, 5) is 37.7. The van der Waals surface area contributed by atoms with Crippen LogP contribution in [0.1, 0.15) is 39.8 Å². The summed E-state index contributed by atoms with van der Waals surface area (Å²) in [5.74, 6) is -2.01. The quantitative estimate of drug-likeness (QED) is 0.313. The predicted molar refractivity (Wildman–Crippen MR) is 119 cm³/mol. The number of Topliss-reactive ketones (excluding diaryl/α,β-unsaturated/α-hetero) is 1. The topological polar surface area (TPSA) is 90.3 Å². The lowest BCUT2D eigenvalue weighted by Gasteiger charge is -2.18. The first-order valence-corrected chi connectivity index (χ1v) is 10.4. The first-order valence-electron chi connectivity index (χ1n) is 9.61. The number of carbonyl (C=O) groups excluding carboxylic acids is 3. The normalized spacial score (nSPS) is 11.6. The molecule has 3 aromatic rings. The molecule has 3 rings (SSSR count). The van der Waals surface area contributed by atoms with Crippen LogP contribution in [0.3, 0.4) is 0 Å². The highest BCUT2D eigenvalue weighted by atomic mass is 79.9. The number of carbonyl (C=O) groups is 3. The molecule has 1 amide bonds. The third-order valence-electron chi connectivity index (χ3n) is 4.90. The van der Waals surface area contributed by atoms with E-state index in [2.05, 4.69) is 26.3 Å². The lowest BCUT2D eigenvalue weighted by Crippen LogP contribution is -2.36. The fraction of sp³-hybridized carbons (Fsp3) is 0.217. The highest BCUT2D eigenvalue weighted by molar-refractivity contribution is 9.10. The van der Waals surface area contributed by atoms with Gasteiger partial charge in [0.05, 0.1) is 42.2 Å². The summed E-state index contributed by atoms with van der Waals surface area (Å²) in [5, 5.41) is 7.11. The van der Waals surface area contributed by atoms with Crippen LogP contribution >= 0.6 is 15.9 Å². The molecular formula is C23H22BrN3O4. The van der Waals surface area contributed by atoms with Crippen molar-refractivity contribution < 1.29 is 19.1 Å². The Kier molecular flexibility index (Phi) is 7.02. The van der Waals surface area contributed by atoms with Crippen LogP contribution in [0.4, 0.5) is 0 Å². The number of nitrogens with zero attached hydrogens (tertiary/aromatic N) is 2. The number of amides is 1. The van der Waals surface area contributed by atoms with E-state index in [1.54, 1.807) is 42.8 Å². The maximum Gasteiger partial charge on any atom is 0.307 e. The number of hydrogen-bond acceptors (Lipinski definition) is 5. The van der Waals surface area contributed by atoms with E-state index in [-0.39, 0.29) is 12.0 Å². The van der Waals surface area contributed by atoms with Crippen LogP contribution < -0.4 is 5.32 Å². The van der Waals surface area contributed by atoms with Gasteiger partial charge in [0.25, 0.3) is 11.7 Å². The van der Waals surface area contributed by atoms with Gasteiger partial charge in [0, 0.05) is 4.47 Å². The highest BCUT2D eigenvalue weighted by Crippen LogP contribution is 2.22. The van der Waals surface area contributed by atoms with Gasteiger partial charge < -0.3 is 10.1 Å². The molecule has 160 valence electrons. The molecule has 0 aliphatic carbocycles. The molecule has 0 saturated carbocycles. The van der Waals surface area contributed by atoms with E-state index in [1.807, 2.05) is 30.3 Å². The zero-order valence-electron chi connectivity index (χ0n) is 17.4. The smallest absolute Gasteiger partial charge is 0.307 e. The van der Waals surface area contributed by atoms with Gasteiger partial charge in [0.2, 0.25) is 0 Å². The summed E-state index contributed by atoms with van der Waals surface area (Å²) in [7, 11) is 1.28. The van der Waals surface area contributed by atoms with Gasteiger partial charge >= 0.3 is 5.97 Å². The van der Waals surface area contributed by atoms with Crippen LogP contribution in [0.25, 0.3) is 5.69 Å². The molecule has 7 nitrogen and oxygen atoms in total. The Morgan fingerprint density at radius 2 is 1.71 bits per heavy atom. The first-order chi connectivity index (χ1) is 14.8. The van der Waals surface area contributed by atoms with Crippen molar-refractivity contribution in [2.45, 2.75) is 26.3 Å². The number of hydrogen-bond donors (Lipinski definition) is 1. The molecule has 8 heteroatoms. The number of para-hydroxylation sites is 1. The second-order valence-corrected chi connectivity index (χ2v) is 7.90. The van der Waals surface area contributed by atoms with Gasteiger partial charge in [-0.25, -0.2) is 4.68 Å². The van der Waals surface area contributed by atoms with Crippen molar-refractivity contribution >= 4 is 33.6 Å². The third kappa shape index (κ3) is 5.08. The van der Waals surface area contributed by atoms with Crippen LogP contribution in [0.15, 0.2) is 59.1 Å². The number of aromatic nitrogens is 2. The number of benzene rings is 2. The van der Waals surface area contributed by atoms with Crippen molar-refractivity contribution in [1.82, 2.24) is 15.1 Å². The van der Waals surface area contributed by atoms with E-state index in [4.69, 9.17) is 4.74 Å². The van der Waals surface area contributed by atoms with Crippen molar-refractivity contribution in [3.05, 3.63) is 81.6 Å². The number of halogens is 1. The maximum atomic E-state index is 13.0. The maximum absolute atomic E-state index is 13.0. The molecule has 1 atom stereocenters. The zero-order chi connectivity index (χ0) is 22.5. The zero-order valence-corrected chi connectivity index (χ0v) is 19.0. The molecule has 1 aromatic heterocycles. The van der Waals surface area contributed by atoms with E-state index in [1.165, 1.54) is 7.11 Å². The minimum Gasteiger partial charge on any atom is -0.469 e. The van der Waals surface area contributed by atoms with E-state index < -0.39 is 23.7 Å². The Morgan fingerprint density at radius 3 is 2.32 bits per heavy atom. The molecule has 31 heavy (non-hydrogen) atoms. The molecular weight excluding hydrogens is 462 g/mol.